The van der Waals surface area contributed by atoms with Gasteiger partial charge in [-0.3, -0.25) is 4.90 Å². The smallest absolute Gasteiger partial charge is 0.0696 e. The average molecular weight is 171 g/mol. The van der Waals surface area contributed by atoms with Gasteiger partial charge in [0.25, 0.3) is 0 Å². The lowest BCUT2D eigenvalue weighted by Crippen LogP contribution is -2.55. The van der Waals surface area contributed by atoms with Gasteiger partial charge in [0, 0.05) is 19.1 Å². The Morgan fingerprint density at radius 3 is 2.75 bits per heavy atom. The maximum Gasteiger partial charge on any atom is 0.0696 e. The Balaban J connectivity index is 1.86. The molecule has 1 saturated heterocycles. The first-order chi connectivity index (χ1) is 5.77. The Hall–Kier alpha value is -0.120. The fourth-order valence-corrected chi connectivity index (χ4v) is 2.04. The standard InChI is InChI=1S/C9H17NO2/c1-7-6-10(4-5-12-7)8-2-3-9(8)11/h7-9,11H,2-6H2,1H3. The summed E-state index contributed by atoms with van der Waals surface area (Å²) in [5.74, 6) is 0. The highest BCUT2D eigenvalue weighted by Crippen LogP contribution is 2.26. The molecular weight excluding hydrogens is 154 g/mol. The van der Waals surface area contributed by atoms with E-state index in [1.807, 2.05) is 0 Å². The van der Waals surface area contributed by atoms with Gasteiger partial charge in [-0.2, -0.15) is 0 Å². The van der Waals surface area contributed by atoms with Gasteiger partial charge in [0.1, 0.15) is 0 Å². The summed E-state index contributed by atoms with van der Waals surface area (Å²) in [6.07, 6.45) is 2.41. The lowest BCUT2D eigenvalue weighted by atomic mass is 9.87. The lowest BCUT2D eigenvalue weighted by molar-refractivity contribution is -0.0868. The van der Waals surface area contributed by atoms with E-state index >= 15 is 0 Å². The predicted molar refractivity (Wildman–Crippen MR) is 46.0 cm³/mol. The molecule has 12 heavy (non-hydrogen) atoms. The first-order valence-electron chi connectivity index (χ1n) is 4.81. The first kappa shape index (κ1) is 8.48. The first-order valence-corrected chi connectivity index (χ1v) is 4.81. The maximum atomic E-state index is 9.46. The molecule has 0 amide bonds. The van der Waals surface area contributed by atoms with Crippen molar-refractivity contribution in [3.63, 3.8) is 0 Å². The average Bonchev–Trinajstić information content (AvgIpc) is 2.02. The van der Waals surface area contributed by atoms with E-state index in [2.05, 4.69) is 11.8 Å². The molecule has 0 aromatic carbocycles. The summed E-state index contributed by atoms with van der Waals surface area (Å²) in [5, 5.41) is 9.46. The van der Waals surface area contributed by atoms with Crippen LogP contribution in [0.5, 0.6) is 0 Å². The zero-order valence-corrected chi connectivity index (χ0v) is 7.57. The van der Waals surface area contributed by atoms with Crippen LogP contribution in [0.15, 0.2) is 0 Å². The van der Waals surface area contributed by atoms with E-state index in [1.54, 1.807) is 0 Å². The van der Waals surface area contributed by atoms with Crippen LogP contribution in [0.25, 0.3) is 0 Å². The predicted octanol–water partition coefficient (Wildman–Crippen LogP) is 0.230. The molecule has 3 nitrogen and oxygen atoms in total. The summed E-state index contributed by atoms with van der Waals surface area (Å²) < 4.78 is 5.44. The summed E-state index contributed by atoms with van der Waals surface area (Å²) >= 11 is 0. The molecule has 1 aliphatic heterocycles. The molecule has 0 bridgehead atoms. The lowest BCUT2D eigenvalue weighted by Gasteiger charge is -2.44. The van der Waals surface area contributed by atoms with Gasteiger partial charge in [-0.15, -0.1) is 0 Å². The fraction of sp³-hybridized carbons (Fsp3) is 1.00. The molecule has 70 valence electrons. The SMILES string of the molecule is CC1CN(C2CCC2O)CCO1. The summed E-state index contributed by atoms with van der Waals surface area (Å²) in [4.78, 5) is 2.36. The largest absolute Gasteiger partial charge is 0.391 e. The molecule has 1 heterocycles. The molecule has 2 rings (SSSR count). The molecule has 0 aromatic rings. The monoisotopic (exact) mass is 171 g/mol. The van der Waals surface area contributed by atoms with Gasteiger partial charge in [0.2, 0.25) is 0 Å². The van der Waals surface area contributed by atoms with Crippen LogP contribution in [0.3, 0.4) is 0 Å². The van der Waals surface area contributed by atoms with Crippen molar-refractivity contribution in [3.05, 3.63) is 0 Å². The van der Waals surface area contributed by atoms with Gasteiger partial charge in [-0.05, 0) is 19.8 Å². The molecule has 3 atom stereocenters. The summed E-state index contributed by atoms with van der Waals surface area (Å²) in [6, 6.07) is 0.427. The second kappa shape index (κ2) is 3.32. The van der Waals surface area contributed by atoms with Gasteiger partial charge in [0.15, 0.2) is 0 Å². The Bertz CT molecular complexity index is 163. The van der Waals surface area contributed by atoms with Crippen LogP contribution >= 0.6 is 0 Å². The van der Waals surface area contributed by atoms with Crippen LogP contribution in [0.1, 0.15) is 19.8 Å². The normalized spacial score (nSPS) is 44.0. The Morgan fingerprint density at radius 1 is 1.42 bits per heavy atom. The number of nitrogens with zero attached hydrogens (tertiary/aromatic N) is 1. The molecule has 2 fully saturated rings. The molecule has 0 spiro atoms. The third kappa shape index (κ3) is 1.49. The van der Waals surface area contributed by atoms with Crippen LogP contribution < -0.4 is 0 Å². The van der Waals surface area contributed by atoms with E-state index in [-0.39, 0.29) is 6.10 Å². The molecular formula is C9H17NO2. The van der Waals surface area contributed by atoms with Crippen LogP contribution in [-0.4, -0.2) is 48.0 Å². The quantitative estimate of drug-likeness (QED) is 0.613. The topological polar surface area (TPSA) is 32.7 Å². The van der Waals surface area contributed by atoms with Crippen molar-refractivity contribution >= 4 is 0 Å². The van der Waals surface area contributed by atoms with Crippen LogP contribution in [0.4, 0.5) is 0 Å². The third-order valence-corrected chi connectivity index (χ3v) is 2.94. The second-order valence-electron chi connectivity index (χ2n) is 3.89. The van der Waals surface area contributed by atoms with Crippen LogP contribution in [0.2, 0.25) is 0 Å². The minimum Gasteiger partial charge on any atom is -0.391 e. The molecule has 0 aromatic heterocycles. The van der Waals surface area contributed by atoms with Crippen molar-refractivity contribution in [2.45, 2.75) is 38.0 Å². The molecule has 3 heteroatoms. The van der Waals surface area contributed by atoms with Crippen molar-refractivity contribution in [2.75, 3.05) is 19.7 Å². The Labute approximate surface area is 73.3 Å². The van der Waals surface area contributed by atoms with Crippen molar-refractivity contribution in [2.24, 2.45) is 0 Å². The summed E-state index contributed by atoms with van der Waals surface area (Å²) in [7, 11) is 0. The van der Waals surface area contributed by atoms with Crippen molar-refractivity contribution < 1.29 is 9.84 Å². The van der Waals surface area contributed by atoms with E-state index in [0.29, 0.717) is 12.1 Å². The van der Waals surface area contributed by atoms with Gasteiger partial charge in [-0.25, -0.2) is 0 Å². The van der Waals surface area contributed by atoms with Crippen molar-refractivity contribution in [1.82, 2.24) is 4.90 Å². The minimum atomic E-state index is -0.0738. The highest BCUT2D eigenvalue weighted by Gasteiger charge is 2.35. The molecule has 1 saturated carbocycles. The highest BCUT2D eigenvalue weighted by molar-refractivity contribution is 4.90. The van der Waals surface area contributed by atoms with Crippen molar-refractivity contribution in [3.8, 4) is 0 Å². The maximum absolute atomic E-state index is 9.46. The van der Waals surface area contributed by atoms with Crippen LogP contribution in [0, 0.1) is 0 Å². The number of morpholine rings is 1. The fourth-order valence-electron chi connectivity index (χ4n) is 2.04. The number of rotatable bonds is 1. The zero-order valence-electron chi connectivity index (χ0n) is 7.57. The highest BCUT2D eigenvalue weighted by atomic mass is 16.5. The van der Waals surface area contributed by atoms with E-state index in [9.17, 15) is 5.11 Å². The third-order valence-electron chi connectivity index (χ3n) is 2.94. The Kier molecular flexibility index (Phi) is 2.35. The molecule has 2 aliphatic rings. The molecule has 3 unspecified atom stereocenters. The van der Waals surface area contributed by atoms with Gasteiger partial charge >= 0.3 is 0 Å². The zero-order chi connectivity index (χ0) is 8.55. The second-order valence-corrected chi connectivity index (χ2v) is 3.89. The van der Waals surface area contributed by atoms with E-state index in [1.165, 1.54) is 0 Å². The number of aliphatic hydroxyl groups is 1. The van der Waals surface area contributed by atoms with Gasteiger partial charge in [0.05, 0.1) is 18.8 Å². The molecule has 1 N–H and O–H groups in total. The summed E-state index contributed by atoms with van der Waals surface area (Å²) in [6.45, 7) is 4.90. The van der Waals surface area contributed by atoms with Gasteiger partial charge < -0.3 is 9.84 Å². The minimum absolute atomic E-state index is 0.0738. The number of aliphatic hydroxyl groups excluding tert-OH is 1. The van der Waals surface area contributed by atoms with Gasteiger partial charge in [-0.1, -0.05) is 0 Å². The number of ether oxygens (including phenoxy) is 1. The molecule has 1 aliphatic carbocycles. The van der Waals surface area contributed by atoms with Crippen molar-refractivity contribution in [1.29, 1.82) is 0 Å². The van der Waals surface area contributed by atoms with E-state index in [4.69, 9.17) is 4.74 Å². The number of hydrogen-bond acceptors (Lipinski definition) is 3. The number of hydrogen-bond donors (Lipinski definition) is 1. The van der Waals surface area contributed by atoms with E-state index in [0.717, 1.165) is 32.5 Å². The summed E-state index contributed by atoms with van der Waals surface area (Å²) in [5.41, 5.74) is 0. The molecule has 0 radical (unpaired) electrons. The van der Waals surface area contributed by atoms with E-state index < -0.39 is 0 Å². The van der Waals surface area contributed by atoms with Crippen LogP contribution in [-0.2, 0) is 4.74 Å². The Morgan fingerprint density at radius 2 is 2.25 bits per heavy atom.